The summed E-state index contributed by atoms with van der Waals surface area (Å²) in [7, 11) is 1.72. The Morgan fingerprint density at radius 2 is 1.86 bits per heavy atom. The van der Waals surface area contributed by atoms with Crippen molar-refractivity contribution < 1.29 is 4.74 Å². The number of nitrogens with zero attached hydrogens (tertiary/aromatic N) is 1. The van der Waals surface area contributed by atoms with Crippen molar-refractivity contribution in [3.8, 4) is 5.75 Å². The molecule has 1 aliphatic carbocycles. The average molecular weight is 279 g/mol. The maximum atomic E-state index is 5.29. The first kappa shape index (κ1) is 12.8. The van der Waals surface area contributed by atoms with Crippen LogP contribution in [0.3, 0.4) is 0 Å². The summed E-state index contributed by atoms with van der Waals surface area (Å²) >= 11 is 0. The number of anilines is 2. The molecule has 0 radical (unpaired) electrons. The second-order valence-corrected chi connectivity index (χ2v) is 6.24. The van der Waals surface area contributed by atoms with Gasteiger partial charge in [-0.15, -0.1) is 0 Å². The van der Waals surface area contributed by atoms with Crippen molar-refractivity contribution in [1.29, 1.82) is 0 Å². The van der Waals surface area contributed by atoms with E-state index in [4.69, 9.17) is 4.74 Å². The van der Waals surface area contributed by atoms with Gasteiger partial charge in [0.1, 0.15) is 5.75 Å². The van der Waals surface area contributed by atoms with E-state index in [9.17, 15) is 0 Å². The van der Waals surface area contributed by atoms with Gasteiger partial charge in [0.05, 0.1) is 7.11 Å². The van der Waals surface area contributed by atoms with Crippen LogP contribution in [-0.4, -0.2) is 13.2 Å². The van der Waals surface area contributed by atoms with Crippen molar-refractivity contribution >= 4 is 11.4 Å². The van der Waals surface area contributed by atoms with E-state index >= 15 is 0 Å². The summed E-state index contributed by atoms with van der Waals surface area (Å²) < 4.78 is 5.29. The van der Waals surface area contributed by atoms with Crippen LogP contribution in [0.25, 0.3) is 0 Å². The normalized spacial score (nSPS) is 23.0. The second-order valence-electron chi connectivity index (χ2n) is 6.24. The van der Waals surface area contributed by atoms with Crippen LogP contribution >= 0.6 is 0 Å². The van der Waals surface area contributed by atoms with Crippen LogP contribution in [0.15, 0.2) is 42.5 Å². The second kappa shape index (κ2) is 4.80. The van der Waals surface area contributed by atoms with Crippen LogP contribution in [0.1, 0.15) is 36.3 Å². The van der Waals surface area contributed by atoms with Crippen molar-refractivity contribution in [3.63, 3.8) is 0 Å². The monoisotopic (exact) mass is 279 g/mol. The van der Waals surface area contributed by atoms with Crippen LogP contribution in [0, 0.1) is 6.92 Å². The highest BCUT2D eigenvalue weighted by molar-refractivity contribution is 5.73. The van der Waals surface area contributed by atoms with Gasteiger partial charge in [-0.3, -0.25) is 0 Å². The minimum Gasteiger partial charge on any atom is -0.497 e. The summed E-state index contributed by atoms with van der Waals surface area (Å²) in [6.07, 6.45) is 3.97. The molecule has 1 heterocycles. The van der Waals surface area contributed by atoms with Gasteiger partial charge in [-0.25, -0.2) is 0 Å². The van der Waals surface area contributed by atoms with E-state index in [1.807, 2.05) is 0 Å². The highest BCUT2D eigenvalue weighted by Crippen LogP contribution is 2.52. The predicted molar refractivity (Wildman–Crippen MR) is 86.7 cm³/mol. The zero-order valence-corrected chi connectivity index (χ0v) is 12.7. The molecule has 0 bridgehead atoms. The Bertz CT molecular complexity index is 662. The molecule has 0 aromatic heterocycles. The molecule has 1 fully saturated rings. The molecule has 4 rings (SSSR count). The average Bonchev–Trinajstić information content (AvgIpc) is 3.08. The van der Waals surface area contributed by atoms with Crippen molar-refractivity contribution in [2.24, 2.45) is 0 Å². The van der Waals surface area contributed by atoms with Gasteiger partial charge in [0.25, 0.3) is 0 Å². The SMILES string of the molecule is COc1ccc(N2c3ccc(C)cc3C3CCCC32)cc1. The Balaban J connectivity index is 1.80. The Kier molecular flexibility index (Phi) is 2.91. The molecule has 0 N–H and O–H groups in total. The highest BCUT2D eigenvalue weighted by Gasteiger charge is 2.41. The standard InChI is InChI=1S/C19H21NO/c1-13-6-11-19-17(12-13)16-4-3-5-18(16)20(19)14-7-9-15(21-2)10-8-14/h6-12,16,18H,3-5H2,1-2H3. The summed E-state index contributed by atoms with van der Waals surface area (Å²) in [6.45, 7) is 2.19. The molecule has 108 valence electrons. The first-order valence-corrected chi connectivity index (χ1v) is 7.82. The minimum atomic E-state index is 0.634. The summed E-state index contributed by atoms with van der Waals surface area (Å²) in [6, 6.07) is 16.0. The third-order valence-electron chi connectivity index (χ3n) is 5.00. The van der Waals surface area contributed by atoms with Crippen LogP contribution in [0.5, 0.6) is 5.75 Å². The van der Waals surface area contributed by atoms with Crippen molar-refractivity contribution in [1.82, 2.24) is 0 Å². The number of hydrogen-bond acceptors (Lipinski definition) is 2. The molecular weight excluding hydrogens is 258 g/mol. The molecular formula is C19H21NO. The molecule has 2 aliphatic rings. The van der Waals surface area contributed by atoms with Gasteiger partial charge >= 0.3 is 0 Å². The number of ether oxygens (including phenoxy) is 1. The zero-order valence-electron chi connectivity index (χ0n) is 12.7. The molecule has 0 saturated heterocycles. The topological polar surface area (TPSA) is 12.5 Å². The van der Waals surface area contributed by atoms with E-state index in [0.29, 0.717) is 12.0 Å². The van der Waals surface area contributed by atoms with E-state index in [2.05, 4.69) is 54.3 Å². The summed E-state index contributed by atoms with van der Waals surface area (Å²) in [4.78, 5) is 2.55. The maximum absolute atomic E-state index is 5.29. The quantitative estimate of drug-likeness (QED) is 0.783. The summed E-state index contributed by atoms with van der Waals surface area (Å²) in [5.41, 5.74) is 5.61. The third-order valence-corrected chi connectivity index (χ3v) is 5.00. The van der Waals surface area contributed by atoms with Crippen LogP contribution in [0.4, 0.5) is 11.4 Å². The van der Waals surface area contributed by atoms with Crippen LogP contribution in [0.2, 0.25) is 0 Å². The van der Waals surface area contributed by atoms with E-state index < -0.39 is 0 Å². The van der Waals surface area contributed by atoms with Crippen molar-refractivity contribution in [2.45, 2.75) is 38.1 Å². The lowest BCUT2D eigenvalue weighted by Gasteiger charge is -2.27. The first-order valence-electron chi connectivity index (χ1n) is 7.82. The number of rotatable bonds is 2. The largest absolute Gasteiger partial charge is 0.497 e. The van der Waals surface area contributed by atoms with Crippen molar-refractivity contribution in [3.05, 3.63) is 53.6 Å². The lowest BCUT2D eigenvalue weighted by molar-refractivity contribution is 0.415. The van der Waals surface area contributed by atoms with Gasteiger partial charge in [0.15, 0.2) is 0 Å². The molecule has 0 amide bonds. The van der Waals surface area contributed by atoms with E-state index in [1.54, 1.807) is 12.7 Å². The number of aryl methyl sites for hydroxylation is 1. The molecule has 2 heteroatoms. The number of hydrogen-bond donors (Lipinski definition) is 0. The summed E-state index contributed by atoms with van der Waals surface area (Å²) in [5, 5.41) is 0. The van der Waals surface area contributed by atoms with E-state index in [-0.39, 0.29) is 0 Å². The fourth-order valence-electron chi connectivity index (χ4n) is 4.05. The van der Waals surface area contributed by atoms with Gasteiger partial charge in [0, 0.05) is 23.3 Å². The molecule has 2 nitrogen and oxygen atoms in total. The lowest BCUT2D eigenvalue weighted by atomic mass is 9.96. The Morgan fingerprint density at radius 1 is 1.05 bits per heavy atom. The van der Waals surface area contributed by atoms with Gasteiger partial charge in [-0.05, 0) is 55.7 Å². The van der Waals surface area contributed by atoms with Crippen LogP contribution < -0.4 is 9.64 Å². The van der Waals surface area contributed by atoms with Gasteiger partial charge in [-0.1, -0.05) is 24.1 Å². The summed E-state index contributed by atoms with van der Waals surface area (Å²) in [5.74, 6) is 1.63. The predicted octanol–water partition coefficient (Wildman–Crippen LogP) is 4.79. The lowest BCUT2D eigenvalue weighted by Crippen LogP contribution is -2.26. The van der Waals surface area contributed by atoms with E-state index in [1.165, 1.54) is 36.2 Å². The highest BCUT2D eigenvalue weighted by atomic mass is 16.5. The van der Waals surface area contributed by atoms with Gasteiger partial charge in [0.2, 0.25) is 0 Å². The van der Waals surface area contributed by atoms with Crippen molar-refractivity contribution in [2.75, 3.05) is 12.0 Å². The van der Waals surface area contributed by atoms with Crippen LogP contribution in [-0.2, 0) is 0 Å². The molecule has 2 aromatic rings. The molecule has 2 aromatic carbocycles. The molecule has 0 spiro atoms. The fourth-order valence-corrected chi connectivity index (χ4v) is 4.05. The third kappa shape index (κ3) is 1.93. The Morgan fingerprint density at radius 3 is 2.62 bits per heavy atom. The number of benzene rings is 2. The first-order chi connectivity index (χ1) is 10.3. The maximum Gasteiger partial charge on any atom is 0.119 e. The molecule has 21 heavy (non-hydrogen) atoms. The molecule has 2 unspecified atom stereocenters. The Hall–Kier alpha value is -1.96. The molecule has 1 aliphatic heterocycles. The molecule has 1 saturated carbocycles. The zero-order chi connectivity index (χ0) is 14.4. The Labute approximate surface area is 126 Å². The minimum absolute atomic E-state index is 0.634. The molecule has 2 atom stereocenters. The number of fused-ring (bicyclic) bond motifs is 3. The number of methoxy groups -OCH3 is 1. The smallest absolute Gasteiger partial charge is 0.119 e. The van der Waals surface area contributed by atoms with Gasteiger partial charge < -0.3 is 9.64 Å². The van der Waals surface area contributed by atoms with E-state index in [0.717, 1.165) is 5.75 Å². The van der Waals surface area contributed by atoms with Gasteiger partial charge in [-0.2, -0.15) is 0 Å². The fraction of sp³-hybridized carbons (Fsp3) is 0.368.